The number of benzene rings is 1. The normalized spacial score (nSPS) is 14.5. The van der Waals surface area contributed by atoms with Crippen LogP contribution in [0.1, 0.15) is 50.2 Å². The molecule has 17 nitrogen and oxygen atoms in total. The molecule has 18 heteroatoms. The van der Waals surface area contributed by atoms with E-state index in [9.17, 15) is 24.3 Å². The number of carboxylic acid groups (broad SMARTS) is 2. The number of piperazine rings is 1. The summed E-state index contributed by atoms with van der Waals surface area (Å²) in [5, 5.41) is 23.1. The zero-order valence-corrected chi connectivity index (χ0v) is 31.8. The number of ether oxygens (including phenoxy) is 2. The predicted octanol–water partition coefficient (Wildman–Crippen LogP) is 1.83. The third kappa shape index (κ3) is 12.7. The van der Waals surface area contributed by atoms with Gasteiger partial charge in [-0.05, 0) is 24.1 Å². The third-order valence-electron chi connectivity index (χ3n) is 8.99. The van der Waals surface area contributed by atoms with Crippen molar-refractivity contribution < 1.29 is 38.9 Å². The van der Waals surface area contributed by atoms with E-state index in [4.69, 9.17) is 26.0 Å². The van der Waals surface area contributed by atoms with E-state index in [1.165, 1.54) is 0 Å². The van der Waals surface area contributed by atoms with Crippen LogP contribution in [0.4, 0.5) is 11.8 Å². The molecule has 8 N–H and O–H groups in total. The Morgan fingerprint density at radius 3 is 2.48 bits per heavy atom. The van der Waals surface area contributed by atoms with Gasteiger partial charge in [-0.2, -0.15) is 4.98 Å². The lowest BCUT2D eigenvalue weighted by Gasteiger charge is -2.35. The molecule has 2 aromatic heterocycles. The first-order valence-electron chi connectivity index (χ1n) is 18.2. The smallest absolute Gasteiger partial charge is 0.321 e. The summed E-state index contributed by atoms with van der Waals surface area (Å²) in [5.74, 6) is -1.34. The highest BCUT2D eigenvalue weighted by Crippen LogP contribution is 2.28. The number of aliphatic carboxylic acids is 2. The van der Waals surface area contributed by atoms with Gasteiger partial charge in [0.15, 0.2) is 5.82 Å². The van der Waals surface area contributed by atoms with Gasteiger partial charge in [-0.1, -0.05) is 31.9 Å². The van der Waals surface area contributed by atoms with Gasteiger partial charge in [0, 0.05) is 69.7 Å². The monoisotopic (exact) mass is 771 g/mol. The van der Waals surface area contributed by atoms with E-state index in [2.05, 4.69) is 55.2 Å². The number of aromatic nitrogens is 3. The van der Waals surface area contributed by atoms with Crippen molar-refractivity contribution in [2.45, 2.75) is 63.4 Å². The number of nitrogens with zero attached hydrogens (tertiary/aromatic N) is 5. The summed E-state index contributed by atoms with van der Waals surface area (Å²) in [6.45, 7) is 7.44. The van der Waals surface area contributed by atoms with Crippen molar-refractivity contribution in [2.75, 3.05) is 76.4 Å². The minimum absolute atomic E-state index is 0.00413. The molecule has 1 unspecified atom stereocenters. The van der Waals surface area contributed by atoms with Gasteiger partial charge in [0.2, 0.25) is 17.8 Å². The molecule has 2 atom stereocenters. The quantitative estimate of drug-likeness (QED) is 0.0754. The summed E-state index contributed by atoms with van der Waals surface area (Å²) in [7, 11) is 1.67. The van der Waals surface area contributed by atoms with Crippen LogP contribution in [0.3, 0.4) is 0 Å². The Labute approximate surface area is 319 Å². The SMILES string of the molecule is CCCCCNc1nc(N)nc2ccn(Cc3ccc(CN4CCN(C(=O)CCOCCNC(=O)CC(SC[C@H](N)C(=O)O)C(=O)O)CC4)cc3OC)c12. The van der Waals surface area contributed by atoms with Crippen LogP contribution >= 0.6 is 11.8 Å². The fourth-order valence-corrected chi connectivity index (χ4v) is 7.00. The van der Waals surface area contributed by atoms with Gasteiger partial charge in [-0.15, -0.1) is 11.8 Å². The first kappa shape index (κ1) is 42.1. The molecule has 1 fully saturated rings. The van der Waals surface area contributed by atoms with Gasteiger partial charge < -0.3 is 51.3 Å². The maximum absolute atomic E-state index is 12.8. The maximum Gasteiger partial charge on any atom is 0.321 e. The third-order valence-corrected chi connectivity index (χ3v) is 10.3. The highest BCUT2D eigenvalue weighted by molar-refractivity contribution is 8.00. The van der Waals surface area contributed by atoms with Crippen LogP contribution in [-0.4, -0.2) is 135 Å². The largest absolute Gasteiger partial charge is 0.496 e. The average molecular weight is 772 g/mol. The minimum atomic E-state index is -1.24. The highest BCUT2D eigenvalue weighted by Gasteiger charge is 2.25. The Balaban J connectivity index is 1.17. The Morgan fingerprint density at radius 2 is 1.78 bits per heavy atom. The van der Waals surface area contributed by atoms with Crippen molar-refractivity contribution in [1.82, 2.24) is 29.7 Å². The first-order valence-corrected chi connectivity index (χ1v) is 19.2. The van der Waals surface area contributed by atoms with Crippen LogP contribution in [0.15, 0.2) is 30.5 Å². The van der Waals surface area contributed by atoms with Crippen LogP contribution in [0.25, 0.3) is 11.0 Å². The van der Waals surface area contributed by atoms with E-state index in [1.54, 1.807) is 7.11 Å². The van der Waals surface area contributed by atoms with Gasteiger partial charge in [-0.3, -0.25) is 24.1 Å². The van der Waals surface area contributed by atoms with Crippen molar-refractivity contribution in [1.29, 1.82) is 0 Å². The van der Waals surface area contributed by atoms with E-state index < -0.39 is 29.1 Å². The zero-order chi connectivity index (χ0) is 39.0. The van der Waals surface area contributed by atoms with Crippen LogP contribution < -0.4 is 26.8 Å². The molecule has 0 saturated carbocycles. The predicted molar refractivity (Wildman–Crippen MR) is 206 cm³/mol. The van der Waals surface area contributed by atoms with E-state index >= 15 is 0 Å². The molecule has 0 aliphatic carbocycles. The summed E-state index contributed by atoms with van der Waals surface area (Å²) >= 11 is 0.808. The van der Waals surface area contributed by atoms with Gasteiger partial charge in [0.05, 0.1) is 38.8 Å². The number of rotatable bonds is 23. The van der Waals surface area contributed by atoms with Gasteiger partial charge in [0.25, 0.3) is 0 Å². The van der Waals surface area contributed by atoms with Crippen molar-refractivity contribution >= 4 is 58.3 Å². The van der Waals surface area contributed by atoms with Gasteiger partial charge in [0.1, 0.15) is 22.6 Å². The van der Waals surface area contributed by atoms with E-state index in [0.717, 1.165) is 90.9 Å². The van der Waals surface area contributed by atoms with Crippen LogP contribution in [0.5, 0.6) is 5.75 Å². The molecule has 1 saturated heterocycles. The fourth-order valence-electron chi connectivity index (χ4n) is 6.01. The van der Waals surface area contributed by atoms with Crippen molar-refractivity contribution in [2.24, 2.45) is 5.73 Å². The molecule has 4 rings (SSSR count). The molecule has 296 valence electrons. The van der Waals surface area contributed by atoms with Gasteiger partial charge in [-0.25, -0.2) is 4.98 Å². The molecule has 54 heavy (non-hydrogen) atoms. The van der Waals surface area contributed by atoms with Crippen LogP contribution in [0, 0.1) is 0 Å². The number of hydrogen-bond acceptors (Lipinski definition) is 13. The summed E-state index contributed by atoms with van der Waals surface area (Å²) in [4.78, 5) is 60.3. The topological polar surface area (TPSA) is 240 Å². The number of hydrogen-bond donors (Lipinski definition) is 6. The lowest BCUT2D eigenvalue weighted by atomic mass is 10.1. The Bertz CT molecular complexity index is 1720. The average Bonchev–Trinajstić information content (AvgIpc) is 3.55. The second-order valence-corrected chi connectivity index (χ2v) is 14.3. The number of carboxylic acids is 2. The fraction of sp³-hybridized carbons (Fsp3) is 0.556. The molecule has 1 aliphatic heterocycles. The standard InChI is InChI=1S/C36H53N9O8S/c1-3-4-5-10-40-33-32-27(41-36(38)42-33)8-12-45(32)22-25-7-6-24(19-28(25)52-2)21-43-13-15-44(16-14-43)31(47)9-17-53-18-11-39-30(46)20-29(35(50)51)54-23-26(37)34(48)49/h6-8,12,19,26,29H,3-5,9-11,13-18,20-23,37H2,1-2H3,(H,39,46)(H,48,49)(H,50,51)(H3,38,40,41,42)/t26-,29?/m0/s1. The highest BCUT2D eigenvalue weighted by atomic mass is 32.2. The van der Waals surface area contributed by atoms with E-state index in [1.807, 2.05) is 17.2 Å². The summed E-state index contributed by atoms with van der Waals surface area (Å²) < 4.78 is 13.4. The number of carbonyl (C=O) groups is 4. The molecule has 2 amide bonds. The molecule has 1 aromatic carbocycles. The zero-order valence-electron chi connectivity index (χ0n) is 31.0. The minimum Gasteiger partial charge on any atom is -0.496 e. The number of nitrogens with one attached hydrogen (secondary N) is 2. The molecular formula is C36H53N9O8S. The summed E-state index contributed by atoms with van der Waals surface area (Å²) in [5.41, 5.74) is 15.2. The lowest BCUT2D eigenvalue weighted by Crippen LogP contribution is -2.48. The molecular weight excluding hydrogens is 719 g/mol. The number of nitrogen functional groups attached to an aromatic ring is 1. The number of nitrogens with two attached hydrogens (primary N) is 2. The van der Waals surface area contributed by atoms with Gasteiger partial charge >= 0.3 is 11.9 Å². The first-order chi connectivity index (χ1) is 26.0. The molecule has 0 spiro atoms. The summed E-state index contributed by atoms with van der Waals surface area (Å²) in [6.07, 6.45) is 5.19. The maximum atomic E-state index is 12.8. The number of methoxy groups -OCH3 is 1. The molecule has 0 radical (unpaired) electrons. The Kier molecular flexibility index (Phi) is 16.6. The number of unbranched alkanes of at least 4 members (excludes halogenated alkanes) is 2. The molecule has 3 aromatic rings. The number of anilines is 2. The van der Waals surface area contributed by atoms with E-state index in [0.29, 0.717) is 19.6 Å². The molecule has 1 aliphatic rings. The second kappa shape index (κ2) is 21.3. The Hall–Kier alpha value is -4.65. The number of amides is 2. The second-order valence-electron chi connectivity index (χ2n) is 13.1. The molecule has 3 heterocycles. The van der Waals surface area contributed by atoms with E-state index in [-0.39, 0.29) is 50.2 Å². The lowest BCUT2D eigenvalue weighted by molar-refractivity contribution is -0.139. The van der Waals surface area contributed by atoms with Crippen LogP contribution in [0.2, 0.25) is 0 Å². The number of fused-ring (bicyclic) bond motifs is 1. The van der Waals surface area contributed by atoms with Crippen molar-refractivity contribution in [3.8, 4) is 5.75 Å². The summed E-state index contributed by atoms with van der Waals surface area (Å²) in [6, 6.07) is 7.00. The van der Waals surface area contributed by atoms with Crippen molar-refractivity contribution in [3.63, 3.8) is 0 Å². The Morgan fingerprint density at radius 1 is 1.00 bits per heavy atom. The van der Waals surface area contributed by atoms with Crippen LogP contribution in [-0.2, 0) is 37.0 Å². The molecule has 0 bridgehead atoms. The number of thioether (sulfide) groups is 1. The van der Waals surface area contributed by atoms with Crippen molar-refractivity contribution in [3.05, 3.63) is 41.6 Å². The number of carbonyl (C=O) groups excluding carboxylic acids is 2.